The highest BCUT2D eigenvalue weighted by molar-refractivity contribution is 5.44. The van der Waals surface area contributed by atoms with Crippen molar-refractivity contribution in [1.29, 1.82) is 0 Å². The number of rotatable bonds is 9. The molecule has 1 aromatic rings. The molecule has 132 valence electrons. The van der Waals surface area contributed by atoms with Gasteiger partial charge < -0.3 is 14.6 Å². The van der Waals surface area contributed by atoms with Crippen LogP contribution in [0.1, 0.15) is 52.0 Å². The highest BCUT2D eigenvalue weighted by Gasteiger charge is 2.52. The molecule has 1 unspecified atom stereocenters. The van der Waals surface area contributed by atoms with E-state index < -0.39 is 11.8 Å². The van der Waals surface area contributed by atoms with Gasteiger partial charge in [-0.25, -0.2) is 0 Å². The molecule has 0 spiro atoms. The lowest BCUT2D eigenvalue weighted by Gasteiger charge is -2.29. The molecule has 0 fully saturated rings. The minimum atomic E-state index is -4.81. The molecule has 0 saturated carbocycles. The maximum Gasteiger partial charge on any atom is 0.421 e. The van der Waals surface area contributed by atoms with Gasteiger partial charge >= 0.3 is 6.18 Å². The fourth-order valence-corrected chi connectivity index (χ4v) is 1.92. The number of alkyl halides is 3. The zero-order valence-corrected chi connectivity index (χ0v) is 13.9. The Balaban J connectivity index is 3.10. The van der Waals surface area contributed by atoms with E-state index in [1.807, 2.05) is 13.8 Å². The van der Waals surface area contributed by atoms with Gasteiger partial charge in [0.15, 0.2) is 5.60 Å². The fraction of sp³-hybridized carbons (Fsp3) is 0.647. The highest BCUT2D eigenvalue weighted by atomic mass is 19.4. The second kappa shape index (κ2) is 8.43. The van der Waals surface area contributed by atoms with Gasteiger partial charge in [-0.1, -0.05) is 26.7 Å². The minimum Gasteiger partial charge on any atom is -0.494 e. The Kier molecular flexibility index (Phi) is 7.19. The minimum absolute atomic E-state index is 0.0311. The predicted molar refractivity (Wildman–Crippen MR) is 82.9 cm³/mol. The first kappa shape index (κ1) is 19.6. The number of benzene rings is 1. The quantitative estimate of drug-likeness (QED) is 0.658. The first-order valence-corrected chi connectivity index (χ1v) is 7.93. The average molecular weight is 334 g/mol. The Morgan fingerprint density at radius 3 is 2.09 bits per heavy atom. The Hall–Kier alpha value is -1.43. The summed E-state index contributed by atoms with van der Waals surface area (Å²) in [5.41, 5.74) is -3.33. The van der Waals surface area contributed by atoms with Crippen LogP contribution in [0.25, 0.3) is 0 Å². The molecule has 1 rings (SSSR count). The third-order valence-electron chi connectivity index (χ3n) is 3.55. The number of hydrogen-bond donors (Lipinski definition) is 1. The van der Waals surface area contributed by atoms with E-state index in [4.69, 9.17) is 9.47 Å². The van der Waals surface area contributed by atoms with Crippen molar-refractivity contribution in [3.63, 3.8) is 0 Å². The molecular weight excluding hydrogens is 309 g/mol. The van der Waals surface area contributed by atoms with Crippen LogP contribution in [0.2, 0.25) is 0 Å². The van der Waals surface area contributed by atoms with Crippen LogP contribution in [0.4, 0.5) is 13.2 Å². The lowest BCUT2D eigenvalue weighted by molar-refractivity contribution is -0.259. The maximum absolute atomic E-state index is 13.2. The van der Waals surface area contributed by atoms with Crippen molar-refractivity contribution in [2.45, 2.75) is 58.2 Å². The first-order valence-electron chi connectivity index (χ1n) is 7.93. The van der Waals surface area contributed by atoms with E-state index in [0.717, 1.165) is 32.6 Å². The van der Waals surface area contributed by atoms with Gasteiger partial charge in [0.25, 0.3) is 0 Å². The molecule has 0 aliphatic carbocycles. The second-order valence-electron chi connectivity index (χ2n) is 5.63. The summed E-state index contributed by atoms with van der Waals surface area (Å²) in [6.45, 7) is 5.40. The third kappa shape index (κ3) is 5.30. The lowest BCUT2D eigenvalue weighted by Crippen LogP contribution is -2.39. The number of hydrogen-bond acceptors (Lipinski definition) is 3. The molecule has 0 aromatic heterocycles. The van der Waals surface area contributed by atoms with E-state index in [0.29, 0.717) is 19.0 Å². The number of unbranched alkanes of at least 4 members (excludes halogenated alkanes) is 2. The molecule has 0 aliphatic heterocycles. The van der Waals surface area contributed by atoms with Crippen LogP contribution in [0.5, 0.6) is 11.5 Å². The molecule has 0 amide bonds. The van der Waals surface area contributed by atoms with Gasteiger partial charge in [-0.05, 0) is 38.0 Å². The van der Waals surface area contributed by atoms with Gasteiger partial charge in [0.2, 0.25) is 0 Å². The SMILES string of the molecule is CCCCOc1ccc(OCCCC)c(C(C)(O)C(F)(F)F)c1. The van der Waals surface area contributed by atoms with Crippen LogP contribution in [0, 0.1) is 0 Å². The molecular formula is C17H25F3O3. The van der Waals surface area contributed by atoms with Gasteiger partial charge in [-0.3, -0.25) is 0 Å². The van der Waals surface area contributed by atoms with Crippen LogP contribution >= 0.6 is 0 Å². The van der Waals surface area contributed by atoms with Crippen molar-refractivity contribution in [2.75, 3.05) is 13.2 Å². The monoisotopic (exact) mass is 334 g/mol. The standard InChI is InChI=1S/C17H25F3O3/c1-4-6-10-22-13-8-9-15(23-11-7-5-2)14(12-13)16(3,21)17(18,19)20/h8-9,12,21H,4-7,10-11H2,1-3H3. The second-order valence-corrected chi connectivity index (χ2v) is 5.63. The van der Waals surface area contributed by atoms with E-state index in [2.05, 4.69) is 0 Å². The number of ether oxygens (including phenoxy) is 2. The van der Waals surface area contributed by atoms with E-state index >= 15 is 0 Å². The molecule has 1 aromatic carbocycles. The van der Waals surface area contributed by atoms with Crippen LogP contribution in [-0.4, -0.2) is 24.5 Å². The topological polar surface area (TPSA) is 38.7 Å². The maximum atomic E-state index is 13.2. The highest BCUT2D eigenvalue weighted by Crippen LogP contribution is 2.43. The molecule has 0 aliphatic rings. The molecule has 0 bridgehead atoms. The summed E-state index contributed by atoms with van der Waals surface area (Å²) in [7, 11) is 0. The Morgan fingerprint density at radius 1 is 1.00 bits per heavy atom. The molecule has 1 N–H and O–H groups in total. The first-order chi connectivity index (χ1) is 10.7. The van der Waals surface area contributed by atoms with Crippen molar-refractivity contribution in [3.05, 3.63) is 23.8 Å². The van der Waals surface area contributed by atoms with Gasteiger partial charge in [0.05, 0.1) is 13.2 Å². The summed E-state index contributed by atoms with van der Waals surface area (Å²) < 4.78 is 50.4. The van der Waals surface area contributed by atoms with Crippen LogP contribution in [0.15, 0.2) is 18.2 Å². The molecule has 3 nitrogen and oxygen atoms in total. The van der Waals surface area contributed by atoms with E-state index in [1.165, 1.54) is 12.1 Å². The fourth-order valence-electron chi connectivity index (χ4n) is 1.92. The Labute approximate surface area is 135 Å². The Morgan fingerprint density at radius 2 is 1.57 bits per heavy atom. The van der Waals surface area contributed by atoms with Crippen molar-refractivity contribution in [3.8, 4) is 11.5 Å². The summed E-state index contributed by atoms with van der Waals surface area (Å²) in [4.78, 5) is 0. The summed E-state index contributed by atoms with van der Waals surface area (Å²) in [5, 5.41) is 10.00. The van der Waals surface area contributed by atoms with Crippen molar-refractivity contribution < 1.29 is 27.8 Å². The zero-order valence-electron chi connectivity index (χ0n) is 13.9. The smallest absolute Gasteiger partial charge is 0.421 e. The van der Waals surface area contributed by atoms with Gasteiger partial charge in [0, 0.05) is 5.56 Å². The van der Waals surface area contributed by atoms with Gasteiger partial charge in [-0.2, -0.15) is 13.2 Å². The summed E-state index contributed by atoms with van der Waals surface area (Å²) >= 11 is 0. The van der Waals surface area contributed by atoms with Gasteiger partial charge in [-0.15, -0.1) is 0 Å². The molecule has 23 heavy (non-hydrogen) atoms. The largest absolute Gasteiger partial charge is 0.494 e. The Bertz CT molecular complexity index is 484. The van der Waals surface area contributed by atoms with Gasteiger partial charge in [0.1, 0.15) is 11.5 Å². The molecule has 1 atom stereocenters. The molecule has 0 heterocycles. The van der Waals surface area contributed by atoms with Crippen LogP contribution < -0.4 is 9.47 Å². The van der Waals surface area contributed by atoms with Crippen molar-refractivity contribution in [1.82, 2.24) is 0 Å². The molecule has 0 radical (unpaired) electrons. The zero-order chi connectivity index (χ0) is 17.5. The van der Waals surface area contributed by atoms with Crippen molar-refractivity contribution >= 4 is 0 Å². The van der Waals surface area contributed by atoms with E-state index in [9.17, 15) is 18.3 Å². The lowest BCUT2D eigenvalue weighted by atomic mass is 9.94. The van der Waals surface area contributed by atoms with E-state index in [1.54, 1.807) is 6.07 Å². The summed E-state index contributed by atoms with van der Waals surface area (Å²) in [6.07, 6.45) is -1.49. The number of halogens is 3. The van der Waals surface area contributed by atoms with Crippen LogP contribution in [-0.2, 0) is 5.60 Å². The number of aliphatic hydroxyl groups is 1. The van der Waals surface area contributed by atoms with Crippen molar-refractivity contribution in [2.24, 2.45) is 0 Å². The van der Waals surface area contributed by atoms with E-state index in [-0.39, 0.29) is 11.3 Å². The molecule has 0 saturated heterocycles. The normalized spacial score (nSPS) is 14.4. The predicted octanol–water partition coefficient (Wildman–Crippen LogP) is 4.81. The average Bonchev–Trinajstić information content (AvgIpc) is 2.47. The summed E-state index contributed by atoms with van der Waals surface area (Å²) in [5.74, 6) is 0.324. The summed E-state index contributed by atoms with van der Waals surface area (Å²) in [6, 6.07) is 4.20. The molecule has 6 heteroatoms. The van der Waals surface area contributed by atoms with Crippen LogP contribution in [0.3, 0.4) is 0 Å². The third-order valence-corrected chi connectivity index (χ3v) is 3.55.